The van der Waals surface area contributed by atoms with Crippen molar-refractivity contribution in [2.45, 2.75) is 32.9 Å². The molecule has 0 aliphatic carbocycles. The van der Waals surface area contributed by atoms with Crippen LogP contribution in [0.25, 0.3) is 0 Å². The molecule has 3 rings (SSSR count). The number of amides is 1. The Bertz CT molecular complexity index is 742. The van der Waals surface area contributed by atoms with Gasteiger partial charge in [0.1, 0.15) is 17.7 Å². The number of nitrogens with one attached hydrogen (secondary N) is 1. The number of anilines is 1. The van der Waals surface area contributed by atoms with Gasteiger partial charge in [-0.2, -0.15) is 4.98 Å². The smallest absolute Gasteiger partial charge is 0.217 e. The lowest BCUT2D eigenvalue weighted by Gasteiger charge is -2.39. The molecule has 6 nitrogen and oxygen atoms in total. The Balaban J connectivity index is 1.51. The molecular formula is C20H25N3O3. The zero-order valence-corrected chi connectivity index (χ0v) is 15.4. The van der Waals surface area contributed by atoms with Crippen molar-refractivity contribution in [2.24, 2.45) is 0 Å². The predicted molar refractivity (Wildman–Crippen MR) is 101 cm³/mol. The molecule has 0 bridgehead atoms. The summed E-state index contributed by atoms with van der Waals surface area (Å²) < 4.78 is 11.5. The van der Waals surface area contributed by atoms with E-state index in [0.717, 1.165) is 30.2 Å². The Morgan fingerprint density at radius 1 is 1.27 bits per heavy atom. The quantitative estimate of drug-likeness (QED) is 0.827. The molecule has 0 spiro atoms. The first-order valence-corrected chi connectivity index (χ1v) is 8.93. The molecule has 1 N–H and O–H groups in total. The van der Waals surface area contributed by atoms with Crippen molar-refractivity contribution in [3.8, 4) is 11.6 Å². The van der Waals surface area contributed by atoms with E-state index < -0.39 is 0 Å². The third kappa shape index (κ3) is 4.45. The lowest BCUT2D eigenvalue weighted by atomic mass is 10.1. The van der Waals surface area contributed by atoms with Gasteiger partial charge < -0.3 is 19.7 Å². The van der Waals surface area contributed by atoms with E-state index in [1.165, 1.54) is 6.92 Å². The van der Waals surface area contributed by atoms with Crippen LogP contribution in [0.1, 0.15) is 32.4 Å². The second kappa shape index (κ2) is 8.08. The van der Waals surface area contributed by atoms with Gasteiger partial charge in [0.2, 0.25) is 11.8 Å². The summed E-state index contributed by atoms with van der Waals surface area (Å²) in [5.41, 5.74) is 1.06. The average Bonchev–Trinajstić information content (AvgIpc) is 2.58. The van der Waals surface area contributed by atoms with Gasteiger partial charge in [-0.15, -0.1) is 0 Å². The third-order valence-electron chi connectivity index (χ3n) is 4.28. The fourth-order valence-corrected chi connectivity index (χ4v) is 2.92. The fraction of sp³-hybridized carbons (Fsp3) is 0.400. The maximum Gasteiger partial charge on any atom is 0.217 e. The van der Waals surface area contributed by atoms with E-state index in [0.29, 0.717) is 12.5 Å². The van der Waals surface area contributed by atoms with Crippen LogP contribution in [-0.4, -0.2) is 36.7 Å². The van der Waals surface area contributed by atoms with Crippen molar-refractivity contribution in [1.82, 2.24) is 10.3 Å². The van der Waals surface area contributed by atoms with Crippen LogP contribution in [0, 0.1) is 0 Å². The van der Waals surface area contributed by atoms with E-state index in [9.17, 15) is 4.79 Å². The SMILES string of the molecule is CCOc1cccc(N2CC(Oc3ccc(C(C)NC(C)=O)cc3)C2)n1. The Kier molecular flexibility index (Phi) is 5.61. The van der Waals surface area contributed by atoms with E-state index >= 15 is 0 Å². The van der Waals surface area contributed by atoms with Crippen molar-refractivity contribution in [3.63, 3.8) is 0 Å². The summed E-state index contributed by atoms with van der Waals surface area (Å²) in [7, 11) is 0. The topological polar surface area (TPSA) is 63.7 Å². The number of carbonyl (C=O) groups excluding carboxylic acids is 1. The van der Waals surface area contributed by atoms with Gasteiger partial charge in [-0.1, -0.05) is 18.2 Å². The van der Waals surface area contributed by atoms with Crippen LogP contribution in [0.3, 0.4) is 0 Å². The second-order valence-corrected chi connectivity index (χ2v) is 6.40. The molecular weight excluding hydrogens is 330 g/mol. The van der Waals surface area contributed by atoms with Crippen molar-refractivity contribution >= 4 is 11.7 Å². The van der Waals surface area contributed by atoms with Gasteiger partial charge in [0.25, 0.3) is 0 Å². The van der Waals surface area contributed by atoms with Crippen molar-refractivity contribution in [1.29, 1.82) is 0 Å². The predicted octanol–water partition coefficient (Wildman–Crippen LogP) is 2.95. The largest absolute Gasteiger partial charge is 0.487 e. The summed E-state index contributed by atoms with van der Waals surface area (Å²) in [6.07, 6.45) is 0.145. The minimum absolute atomic E-state index is 0.00978. The van der Waals surface area contributed by atoms with Gasteiger partial charge in [-0.05, 0) is 37.6 Å². The molecule has 1 amide bonds. The number of carbonyl (C=O) groups is 1. The summed E-state index contributed by atoms with van der Waals surface area (Å²) in [6.45, 7) is 7.64. The lowest BCUT2D eigenvalue weighted by Crippen LogP contribution is -2.54. The Hall–Kier alpha value is -2.76. The molecule has 1 unspecified atom stereocenters. The van der Waals surface area contributed by atoms with Gasteiger partial charge in [-0.25, -0.2) is 0 Å². The minimum Gasteiger partial charge on any atom is -0.487 e. The molecule has 1 saturated heterocycles. The van der Waals surface area contributed by atoms with Gasteiger partial charge >= 0.3 is 0 Å². The third-order valence-corrected chi connectivity index (χ3v) is 4.28. The number of hydrogen-bond acceptors (Lipinski definition) is 5. The van der Waals surface area contributed by atoms with Crippen LogP contribution >= 0.6 is 0 Å². The molecule has 26 heavy (non-hydrogen) atoms. The molecule has 2 heterocycles. The monoisotopic (exact) mass is 355 g/mol. The van der Waals surface area contributed by atoms with Gasteiger partial charge in [0.05, 0.1) is 25.7 Å². The molecule has 0 saturated carbocycles. The van der Waals surface area contributed by atoms with Crippen LogP contribution in [-0.2, 0) is 4.79 Å². The second-order valence-electron chi connectivity index (χ2n) is 6.40. The van der Waals surface area contributed by atoms with E-state index in [1.54, 1.807) is 0 Å². The zero-order chi connectivity index (χ0) is 18.5. The van der Waals surface area contributed by atoms with Crippen molar-refractivity contribution in [3.05, 3.63) is 48.0 Å². The molecule has 2 aromatic rings. The number of rotatable bonds is 7. The number of pyridine rings is 1. The van der Waals surface area contributed by atoms with Crippen LogP contribution in [0.15, 0.2) is 42.5 Å². The highest BCUT2D eigenvalue weighted by molar-refractivity contribution is 5.73. The number of hydrogen-bond donors (Lipinski definition) is 1. The maximum atomic E-state index is 11.1. The Morgan fingerprint density at radius 2 is 2.00 bits per heavy atom. The summed E-state index contributed by atoms with van der Waals surface area (Å²) in [5.74, 6) is 2.37. The molecule has 1 fully saturated rings. The molecule has 0 radical (unpaired) electrons. The highest BCUT2D eigenvalue weighted by atomic mass is 16.5. The Labute approximate surface area is 154 Å². The zero-order valence-electron chi connectivity index (χ0n) is 15.4. The summed E-state index contributed by atoms with van der Waals surface area (Å²) >= 11 is 0. The lowest BCUT2D eigenvalue weighted by molar-refractivity contribution is -0.119. The molecule has 6 heteroatoms. The van der Waals surface area contributed by atoms with Crippen LogP contribution in [0.4, 0.5) is 5.82 Å². The molecule has 1 aliphatic rings. The fourth-order valence-electron chi connectivity index (χ4n) is 2.92. The first-order chi connectivity index (χ1) is 12.5. The highest BCUT2D eigenvalue weighted by Gasteiger charge is 2.29. The van der Waals surface area contributed by atoms with Crippen LogP contribution in [0.5, 0.6) is 11.6 Å². The van der Waals surface area contributed by atoms with Gasteiger partial charge in [0.15, 0.2) is 0 Å². The molecule has 1 atom stereocenters. The van der Waals surface area contributed by atoms with Crippen molar-refractivity contribution in [2.75, 3.05) is 24.6 Å². The first-order valence-electron chi connectivity index (χ1n) is 8.93. The Morgan fingerprint density at radius 3 is 2.65 bits per heavy atom. The van der Waals surface area contributed by atoms with Gasteiger partial charge in [-0.3, -0.25) is 4.79 Å². The summed E-state index contributed by atoms with van der Waals surface area (Å²) in [4.78, 5) is 17.8. The highest BCUT2D eigenvalue weighted by Crippen LogP contribution is 2.25. The maximum absolute atomic E-state index is 11.1. The van der Waals surface area contributed by atoms with E-state index in [-0.39, 0.29) is 18.1 Å². The molecule has 138 valence electrons. The molecule has 1 aromatic heterocycles. The number of aromatic nitrogens is 1. The average molecular weight is 355 g/mol. The molecule has 1 aromatic carbocycles. The number of ether oxygens (including phenoxy) is 2. The van der Waals surface area contributed by atoms with E-state index in [1.807, 2.05) is 56.3 Å². The van der Waals surface area contributed by atoms with Gasteiger partial charge in [0, 0.05) is 13.0 Å². The number of benzene rings is 1. The van der Waals surface area contributed by atoms with Crippen LogP contribution < -0.4 is 19.7 Å². The van der Waals surface area contributed by atoms with E-state index in [4.69, 9.17) is 9.47 Å². The number of nitrogens with zero attached hydrogens (tertiary/aromatic N) is 2. The van der Waals surface area contributed by atoms with Crippen LogP contribution in [0.2, 0.25) is 0 Å². The normalized spacial score (nSPS) is 15.1. The molecule has 1 aliphatic heterocycles. The van der Waals surface area contributed by atoms with E-state index in [2.05, 4.69) is 15.2 Å². The minimum atomic E-state index is -0.0330. The van der Waals surface area contributed by atoms with Crippen molar-refractivity contribution < 1.29 is 14.3 Å². The first kappa shape index (κ1) is 18.0. The standard InChI is InChI=1S/C20H25N3O3/c1-4-25-20-7-5-6-19(22-20)23-12-18(13-23)26-17-10-8-16(9-11-17)14(2)21-15(3)24/h5-11,14,18H,4,12-13H2,1-3H3,(H,21,24). The summed E-state index contributed by atoms with van der Waals surface area (Å²) in [6, 6.07) is 13.7. The summed E-state index contributed by atoms with van der Waals surface area (Å²) in [5, 5.41) is 2.88.